The molecule has 3 N–H and O–H groups in total. The lowest BCUT2D eigenvalue weighted by Gasteiger charge is -2.36. The highest BCUT2D eigenvalue weighted by Gasteiger charge is 2.23. The number of anilines is 1. The van der Waals surface area contributed by atoms with E-state index in [1.165, 1.54) is 0 Å². The second-order valence-corrected chi connectivity index (χ2v) is 6.59. The highest BCUT2D eigenvalue weighted by molar-refractivity contribution is 5.85. The molecule has 2 atom stereocenters. The van der Waals surface area contributed by atoms with Gasteiger partial charge in [-0.25, -0.2) is 4.98 Å². The first-order valence-electron chi connectivity index (χ1n) is 7.68. The molecule has 1 aromatic heterocycles. The predicted octanol–water partition coefficient (Wildman–Crippen LogP) is 1.89. The van der Waals surface area contributed by atoms with Crippen LogP contribution in [0.25, 0.3) is 0 Å². The summed E-state index contributed by atoms with van der Waals surface area (Å²) in [5, 5.41) is 2.81. The van der Waals surface area contributed by atoms with E-state index in [1.807, 2.05) is 12.1 Å². The zero-order valence-electron chi connectivity index (χ0n) is 14.6. The van der Waals surface area contributed by atoms with Crippen molar-refractivity contribution in [1.29, 1.82) is 0 Å². The first kappa shape index (κ1) is 22.9. The third kappa shape index (κ3) is 6.43. The van der Waals surface area contributed by atoms with E-state index < -0.39 is 5.54 Å². The minimum Gasteiger partial charge on any atom is -0.372 e. The number of aromatic nitrogens is 1. The Morgan fingerprint density at radius 3 is 2.38 bits per heavy atom. The SMILES string of the molecule is CC1CN(c2ccc(CNC(=O)C(C)(C)N)cn2)CC(C)O1.Cl.Cl. The summed E-state index contributed by atoms with van der Waals surface area (Å²) >= 11 is 0. The summed E-state index contributed by atoms with van der Waals surface area (Å²) < 4.78 is 5.73. The molecule has 8 heteroatoms. The fourth-order valence-corrected chi connectivity index (χ4v) is 2.48. The highest BCUT2D eigenvalue weighted by Crippen LogP contribution is 2.18. The fraction of sp³-hybridized carbons (Fsp3) is 0.625. The van der Waals surface area contributed by atoms with Gasteiger partial charge in [0.2, 0.25) is 5.91 Å². The largest absolute Gasteiger partial charge is 0.372 e. The number of halogens is 2. The molecule has 0 bridgehead atoms. The van der Waals surface area contributed by atoms with Gasteiger partial charge in [-0.1, -0.05) is 6.07 Å². The van der Waals surface area contributed by atoms with E-state index in [2.05, 4.69) is 29.0 Å². The Labute approximate surface area is 156 Å². The first-order chi connectivity index (χ1) is 10.3. The summed E-state index contributed by atoms with van der Waals surface area (Å²) in [5.74, 6) is 0.767. The van der Waals surface area contributed by atoms with Crippen LogP contribution in [-0.2, 0) is 16.1 Å². The molecule has 2 heterocycles. The van der Waals surface area contributed by atoms with Crippen molar-refractivity contribution < 1.29 is 9.53 Å². The lowest BCUT2D eigenvalue weighted by Crippen LogP contribution is -2.48. The zero-order valence-corrected chi connectivity index (χ0v) is 16.2. The smallest absolute Gasteiger partial charge is 0.239 e. The van der Waals surface area contributed by atoms with Crippen molar-refractivity contribution in [1.82, 2.24) is 10.3 Å². The summed E-state index contributed by atoms with van der Waals surface area (Å²) in [6, 6.07) is 3.97. The Morgan fingerprint density at radius 1 is 1.33 bits per heavy atom. The Balaban J connectivity index is 0.00000264. The molecule has 138 valence electrons. The molecule has 0 aromatic carbocycles. The fourth-order valence-electron chi connectivity index (χ4n) is 2.48. The van der Waals surface area contributed by atoms with Crippen LogP contribution in [0, 0.1) is 0 Å². The van der Waals surface area contributed by atoms with Crippen LogP contribution >= 0.6 is 24.8 Å². The second-order valence-electron chi connectivity index (χ2n) is 6.59. The van der Waals surface area contributed by atoms with Crippen molar-refractivity contribution in [3.63, 3.8) is 0 Å². The van der Waals surface area contributed by atoms with Crippen LogP contribution in [0.2, 0.25) is 0 Å². The molecule has 1 amide bonds. The maximum atomic E-state index is 11.7. The van der Waals surface area contributed by atoms with E-state index in [0.717, 1.165) is 24.5 Å². The molecular weight excluding hydrogens is 351 g/mol. The van der Waals surface area contributed by atoms with Crippen molar-refractivity contribution >= 4 is 36.5 Å². The number of nitrogens with zero attached hydrogens (tertiary/aromatic N) is 2. The van der Waals surface area contributed by atoms with Crippen LogP contribution in [0.1, 0.15) is 33.3 Å². The Bertz CT molecular complexity index is 510. The van der Waals surface area contributed by atoms with Crippen molar-refractivity contribution in [2.75, 3.05) is 18.0 Å². The number of amides is 1. The quantitative estimate of drug-likeness (QED) is 0.835. The van der Waals surface area contributed by atoms with Gasteiger partial charge in [0.25, 0.3) is 0 Å². The van der Waals surface area contributed by atoms with E-state index >= 15 is 0 Å². The van der Waals surface area contributed by atoms with Gasteiger partial charge in [0, 0.05) is 25.8 Å². The second kappa shape index (κ2) is 9.42. The molecular formula is C16H28Cl2N4O2. The summed E-state index contributed by atoms with van der Waals surface area (Å²) in [4.78, 5) is 18.5. The van der Waals surface area contributed by atoms with Gasteiger partial charge in [-0.2, -0.15) is 0 Å². The van der Waals surface area contributed by atoms with E-state index in [9.17, 15) is 4.79 Å². The number of morpholine rings is 1. The van der Waals surface area contributed by atoms with Crippen molar-refractivity contribution in [3.05, 3.63) is 23.9 Å². The molecule has 0 spiro atoms. The van der Waals surface area contributed by atoms with Crippen LogP contribution in [0.3, 0.4) is 0 Å². The standard InChI is InChI=1S/C16H26N4O2.2ClH/c1-11-9-20(10-12(2)22-11)14-6-5-13(7-18-14)8-19-15(21)16(3,4)17;;/h5-7,11-12H,8-10,17H2,1-4H3,(H,19,21);2*1H. The molecule has 0 radical (unpaired) electrons. The van der Waals surface area contributed by atoms with E-state index in [-0.39, 0.29) is 42.9 Å². The summed E-state index contributed by atoms with van der Waals surface area (Å²) in [5.41, 5.74) is 5.83. The van der Waals surface area contributed by atoms with Crippen molar-refractivity contribution in [2.24, 2.45) is 5.73 Å². The van der Waals surface area contributed by atoms with Crippen LogP contribution < -0.4 is 16.0 Å². The lowest BCUT2D eigenvalue weighted by molar-refractivity contribution is -0.125. The molecule has 6 nitrogen and oxygen atoms in total. The maximum Gasteiger partial charge on any atom is 0.239 e. The molecule has 1 aromatic rings. The number of pyridine rings is 1. The highest BCUT2D eigenvalue weighted by atomic mass is 35.5. The van der Waals surface area contributed by atoms with Gasteiger partial charge >= 0.3 is 0 Å². The molecule has 1 aliphatic rings. The zero-order chi connectivity index (χ0) is 16.3. The van der Waals surface area contributed by atoms with Gasteiger partial charge in [-0.3, -0.25) is 4.79 Å². The monoisotopic (exact) mass is 378 g/mol. The average Bonchev–Trinajstić information content (AvgIpc) is 2.43. The number of carbonyl (C=O) groups is 1. The minimum atomic E-state index is -0.868. The van der Waals surface area contributed by atoms with Gasteiger partial charge in [0.15, 0.2) is 0 Å². The Morgan fingerprint density at radius 2 is 1.92 bits per heavy atom. The van der Waals surface area contributed by atoms with Gasteiger partial charge in [0.05, 0.1) is 17.7 Å². The molecule has 1 aliphatic heterocycles. The lowest BCUT2D eigenvalue weighted by atomic mass is 10.1. The summed E-state index contributed by atoms with van der Waals surface area (Å²) in [6.45, 7) is 9.63. The number of hydrogen-bond acceptors (Lipinski definition) is 5. The molecule has 0 saturated carbocycles. The third-order valence-corrected chi connectivity index (χ3v) is 3.59. The summed E-state index contributed by atoms with van der Waals surface area (Å²) in [6.07, 6.45) is 2.21. The van der Waals surface area contributed by atoms with E-state index in [0.29, 0.717) is 6.54 Å². The number of hydrogen-bond donors (Lipinski definition) is 2. The third-order valence-electron chi connectivity index (χ3n) is 3.59. The van der Waals surface area contributed by atoms with Gasteiger partial charge in [-0.05, 0) is 39.3 Å². The normalized spacial score (nSPS) is 20.6. The number of carbonyl (C=O) groups excluding carboxylic acids is 1. The Kier molecular flexibility index (Phi) is 8.99. The van der Waals surface area contributed by atoms with Crippen LogP contribution in [-0.4, -0.2) is 41.7 Å². The number of nitrogens with one attached hydrogen (secondary N) is 1. The molecule has 1 fully saturated rings. The van der Waals surface area contributed by atoms with E-state index in [4.69, 9.17) is 10.5 Å². The number of rotatable bonds is 4. The van der Waals surface area contributed by atoms with Crippen molar-refractivity contribution in [3.8, 4) is 0 Å². The maximum absolute atomic E-state index is 11.7. The van der Waals surface area contributed by atoms with Gasteiger partial charge < -0.3 is 20.7 Å². The van der Waals surface area contributed by atoms with Crippen LogP contribution in [0.4, 0.5) is 5.82 Å². The van der Waals surface area contributed by atoms with Crippen LogP contribution in [0.15, 0.2) is 18.3 Å². The van der Waals surface area contributed by atoms with Crippen molar-refractivity contribution in [2.45, 2.75) is 52.0 Å². The average molecular weight is 379 g/mol. The molecule has 2 unspecified atom stereocenters. The molecule has 1 saturated heterocycles. The van der Waals surface area contributed by atoms with Gasteiger partial charge in [0.1, 0.15) is 5.82 Å². The number of nitrogens with two attached hydrogens (primary N) is 1. The van der Waals surface area contributed by atoms with Crippen LogP contribution in [0.5, 0.6) is 0 Å². The first-order valence-corrected chi connectivity index (χ1v) is 7.68. The predicted molar refractivity (Wildman–Crippen MR) is 101 cm³/mol. The number of ether oxygens (including phenoxy) is 1. The minimum absolute atomic E-state index is 0. The molecule has 2 rings (SSSR count). The molecule has 0 aliphatic carbocycles. The molecule has 24 heavy (non-hydrogen) atoms. The van der Waals surface area contributed by atoms with E-state index in [1.54, 1.807) is 20.0 Å². The van der Waals surface area contributed by atoms with Gasteiger partial charge in [-0.15, -0.1) is 24.8 Å². The topological polar surface area (TPSA) is 80.5 Å². The Hall–Kier alpha value is -1.08. The summed E-state index contributed by atoms with van der Waals surface area (Å²) in [7, 11) is 0.